The van der Waals surface area contributed by atoms with Gasteiger partial charge in [-0.2, -0.15) is 5.10 Å². The van der Waals surface area contributed by atoms with Gasteiger partial charge in [0.1, 0.15) is 0 Å². The van der Waals surface area contributed by atoms with Crippen LogP contribution in [0.15, 0.2) is 6.20 Å². The molecule has 1 heterocycles. The quantitative estimate of drug-likeness (QED) is 0.808. The van der Waals surface area contributed by atoms with Gasteiger partial charge in [0.2, 0.25) is 0 Å². The topological polar surface area (TPSA) is 38.0 Å². The molecule has 4 heteroatoms. The summed E-state index contributed by atoms with van der Waals surface area (Å²) in [6.45, 7) is 2.04. The van der Waals surface area contributed by atoms with Crippen molar-refractivity contribution in [3.63, 3.8) is 0 Å². The molecule has 0 aromatic carbocycles. The number of hydrogen-bond donors (Lipinski definition) is 1. The minimum Gasteiger partial charge on any atom is -0.393 e. The third kappa shape index (κ3) is 2.11. The van der Waals surface area contributed by atoms with Crippen LogP contribution in [0.1, 0.15) is 37.4 Å². The van der Waals surface area contributed by atoms with Gasteiger partial charge >= 0.3 is 0 Å². The molecular formula is C10H15IN2O. The van der Waals surface area contributed by atoms with Crippen LogP contribution in [0.2, 0.25) is 0 Å². The molecule has 1 saturated carbocycles. The molecule has 0 spiro atoms. The number of aliphatic hydroxyl groups excluding tert-OH is 1. The van der Waals surface area contributed by atoms with Crippen LogP contribution in [-0.4, -0.2) is 21.0 Å². The Morgan fingerprint density at radius 2 is 2.07 bits per heavy atom. The number of rotatable bonds is 1. The van der Waals surface area contributed by atoms with Crippen LogP contribution in [0, 0.1) is 10.5 Å². The zero-order valence-electron chi connectivity index (χ0n) is 8.28. The molecule has 0 saturated heterocycles. The van der Waals surface area contributed by atoms with Gasteiger partial charge in [-0.25, -0.2) is 0 Å². The van der Waals surface area contributed by atoms with Gasteiger partial charge in [0.05, 0.1) is 21.4 Å². The molecule has 0 unspecified atom stereocenters. The minimum absolute atomic E-state index is 0.0815. The lowest BCUT2D eigenvalue weighted by Crippen LogP contribution is -2.21. The zero-order chi connectivity index (χ0) is 10.1. The fourth-order valence-corrected chi connectivity index (χ4v) is 2.36. The first-order chi connectivity index (χ1) is 6.66. The molecule has 1 fully saturated rings. The second kappa shape index (κ2) is 4.18. The standard InChI is InChI=1S/C10H15IN2O/c1-7-10(11)6-13(12-7)8-2-4-9(14)5-3-8/h6,8-9,14H,2-5H2,1H3/t8-,9-. The van der Waals surface area contributed by atoms with Crippen molar-refractivity contribution in [3.05, 3.63) is 15.5 Å². The molecular weight excluding hydrogens is 291 g/mol. The van der Waals surface area contributed by atoms with Crippen LogP contribution >= 0.6 is 22.6 Å². The van der Waals surface area contributed by atoms with Gasteiger partial charge in [-0.05, 0) is 55.2 Å². The molecule has 2 rings (SSSR count). The maximum absolute atomic E-state index is 9.40. The van der Waals surface area contributed by atoms with E-state index in [9.17, 15) is 5.11 Å². The third-order valence-electron chi connectivity index (χ3n) is 2.90. The van der Waals surface area contributed by atoms with Crippen LogP contribution in [0.5, 0.6) is 0 Å². The second-order valence-electron chi connectivity index (χ2n) is 4.00. The highest BCUT2D eigenvalue weighted by Gasteiger charge is 2.21. The molecule has 1 aliphatic carbocycles. The van der Waals surface area contributed by atoms with E-state index < -0.39 is 0 Å². The van der Waals surface area contributed by atoms with Gasteiger partial charge in [0.15, 0.2) is 0 Å². The fourth-order valence-electron chi connectivity index (χ4n) is 1.97. The minimum atomic E-state index is -0.0815. The largest absolute Gasteiger partial charge is 0.393 e. The molecule has 1 N–H and O–H groups in total. The van der Waals surface area contributed by atoms with Gasteiger partial charge in [-0.3, -0.25) is 4.68 Å². The maximum atomic E-state index is 9.40. The van der Waals surface area contributed by atoms with Crippen molar-refractivity contribution in [1.29, 1.82) is 0 Å². The molecule has 1 aromatic heterocycles. The summed E-state index contributed by atoms with van der Waals surface area (Å²) in [5.41, 5.74) is 1.11. The molecule has 78 valence electrons. The highest BCUT2D eigenvalue weighted by atomic mass is 127. The van der Waals surface area contributed by atoms with Crippen LogP contribution in [0.25, 0.3) is 0 Å². The zero-order valence-corrected chi connectivity index (χ0v) is 10.4. The summed E-state index contributed by atoms with van der Waals surface area (Å²) in [5, 5.41) is 13.9. The highest BCUT2D eigenvalue weighted by Crippen LogP contribution is 2.28. The average Bonchev–Trinajstić information content (AvgIpc) is 2.48. The Hall–Kier alpha value is -0.100. The van der Waals surface area contributed by atoms with E-state index in [2.05, 4.69) is 38.6 Å². The van der Waals surface area contributed by atoms with Crippen LogP contribution in [0.4, 0.5) is 0 Å². The SMILES string of the molecule is Cc1nn([C@H]2CC[C@H](O)CC2)cc1I. The number of hydrogen-bond acceptors (Lipinski definition) is 2. The van der Waals surface area contributed by atoms with E-state index in [-0.39, 0.29) is 6.10 Å². The Labute approximate surface area is 97.6 Å². The van der Waals surface area contributed by atoms with Crippen molar-refractivity contribution >= 4 is 22.6 Å². The molecule has 1 aromatic rings. The van der Waals surface area contributed by atoms with Crippen molar-refractivity contribution in [2.24, 2.45) is 0 Å². The Morgan fingerprint density at radius 3 is 2.57 bits per heavy atom. The Balaban J connectivity index is 2.08. The summed E-state index contributed by atoms with van der Waals surface area (Å²) in [5.74, 6) is 0. The monoisotopic (exact) mass is 306 g/mol. The van der Waals surface area contributed by atoms with E-state index in [1.807, 2.05) is 6.92 Å². The fraction of sp³-hybridized carbons (Fsp3) is 0.700. The van der Waals surface area contributed by atoms with Crippen LogP contribution in [0.3, 0.4) is 0 Å². The molecule has 3 nitrogen and oxygen atoms in total. The summed E-state index contributed by atoms with van der Waals surface area (Å²) in [6.07, 6.45) is 5.97. The van der Waals surface area contributed by atoms with E-state index in [0.717, 1.165) is 31.4 Å². The second-order valence-corrected chi connectivity index (χ2v) is 5.17. The molecule has 0 radical (unpaired) electrons. The lowest BCUT2D eigenvalue weighted by atomic mass is 9.93. The third-order valence-corrected chi connectivity index (χ3v) is 3.96. The number of aromatic nitrogens is 2. The highest BCUT2D eigenvalue weighted by molar-refractivity contribution is 14.1. The summed E-state index contributed by atoms with van der Waals surface area (Å²) in [4.78, 5) is 0. The molecule has 0 atom stereocenters. The van der Waals surface area contributed by atoms with Crippen LogP contribution < -0.4 is 0 Å². The Bertz CT molecular complexity index is 296. The van der Waals surface area contributed by atoms with E-state index >= 15 is 0 Å². The van der Waals surface area contributed by atoms with E-state index in [1.54, 1.807) is 0 Å². The first kappa shape index (κ1) is 10.4. The molecule has 14 heavy (non-hydrogen) atoms. The first-order valence-corrected chi connectivity index (χ1v) is 6.14. The van der Waals surface area contributed by atoms with Gasteiger partial charge in [0, 0.05) is 6.20 Å². The van der Waals surface area contributed by atoms with Crippen LogP contribution in [-0.2, 0) is 0 Å². The average molecular weight is 306 g/mol. The van der Waals surface area contributed by atoms with Gasteiger partial charge < -0.3 is 5.11 Å². The number of aliphatic hydroxyl groups is 1. The van der Waals surface area contributed by atoms with E-state index in [4.69, 9.17) is 0 Å². The summed E-state index contributed by atoms with van der Waals surface area (Å²) in [7, 11) is 0. The Morgan fingerprint density at radius 1 is 1.43 bits per heavy atom. The summed E-state index contributed by atoms with van der Waals surface area (Å²) < 4.78 is 3.30. The summed E-state index contributed by atoms with van der Waals surface area (Å²) >= 11 is 2.31. The predicted molar refractivity (Wildman–Crippen MR) is 63.2 cm³/mol. The first-order valence-electron chi connectivity index (χ1n) is 5.06. The van der Waals surface area contributed by atoms with E-state index in [0.29, 0.717) is 6.04 Å². The number of halogens is 1. The smallest absolute Gasteiger partial charge is 0.0727 e. The van der Waals surface area contributed by atoms with Gasteiger partial charge in [-0.1, -0.05) is 0 Å². The molecule has 0 bridgehead atoms. The predicted octanol–water partition coefficient (Wildman–Crippen LogP) is 2.27. The van der Waals surface area contributed by atoms with Crippen molar-refractivity contribution < 1.29 is 5.11 Å². The van der Waals surface area contributed by atoms with Crippen molar-refractivity contribution in [2.75, 3.05) is 0 Å². The van der Waals surface area contributed by atoms with Gasteiger partial charge in [-0.15, -0.1) is 0 Å². The number of aryl methyl sites for hydroxylation is 1. The number of nitrogens with zero attached hydrogens (tertiary/aromatic N) is 2. The van der Waals surface area contributed by atoms with E-state index in [1.165, 1.54) is 3.57 Å². The van der Waals surface area contributed by atoms with Crippen molar-refractivity contribution in [3.8, 4) is 0 Å². The van der Waals surface area contributed by atoms with Crippen molar-refractivity contribution in [1.82, 2.24) is 9.78 Å². The molecule has 1 aliphatic rings. The van der Waals surface area contributed by atoms with Crippen molar-refractivity contribution in [2.45, 2.75) is 44.8 Å². The normalized spacial score (nSPS) is 27.9. The lowest BCUT2D eigenvalue weighted by Gasteiger charge is -2.25. The maximum Gasteiger partial charge on any atom is 0.0727 e. The molecule has 0 amide bonds. The Kier molecular flexibility index (Phi) is 3.11. The van der Waals surface area contributed by atoms with Gasteiger partial charge in [0.25, 0.3) is 0 Å². The lowest BCUT2D eigenvalue weighted by molar-refractivity contribution is 0.108. The molecule has 0 aliphatic heterocycles. The summed E-state index contributed by atoms with van der Waals surface area (Å²) in [6, 6.07) is 0.501.